The average molecular weight is 263 g/mol. The van der Waals surface area contributed by atoms with Crippen molar-refractivity contribution in [1.82, 2.24) is 0 Å². The summed E-state index contributed by atoms with van der Waals surface area (Å²) in [5, 5.41) is 2.69. The van der Waals surface area contributed by atoms with Gasteiger partial charge in [0.1, 0.15) is 0 Å². The number of benzene rings is 1. The number of Topliss-reactive ketones (excluding diaryl/α,β-unsaturated/α-hetero) is 1. The first kappa shape index (κ1) is 12.1. The highest BCUT2D eigenvalue weighted by molar-refractivity contribution is 7.12. The van der Waals surface area contributed by atoms with E-state index in [0.29, 0.717) is 0 Å². The summed E-state index contributed by atoms with van der Waals surface area (Å²) in [6.45, 7) is 1.58. The molecule has 0 radical (unpaired) electrons. The molecule has 86 valence electrons. The topological polar surface area (TPSA) is 17.1 Å². The van der Waals surface area contributed by atoms with Crippen molar-refractivity contribution in [2.45, 2.75) is 6.92 Å². The Hall–Kier alpha value is -1.38. The number of hydrogen-bond donors (Lipinski definition) is 0. The Morgan fingerprint density at radius 1 is 1.24 bits per heavy atom. The molecule has 0 atom stereocenters. The Kier molecular flexibility index (Phi) is 3.77. The fourth-order valence-electron chi connectivity index (χ4n) is 1.43. The molecule has 1 aromatic heterocycles. The van der Waals surface area contributed by atoms with Gasteiger partial charge in [-0.25, -0.2) is 0 Å². The highest BCUT2D eigenvalue weighted by Gasteiger charge is 2.01. The summed E-state index contributed by atoms with van der Waals surface area (Å²) in [5.41, 5.74) is 2.09. The van der Waals surface area contributed by atoms with E-state index in [4.69, 9.17) is 11.6 Å². The van der Waals surface area contributed by atoms with Crippen LogP contribution in [0.2, 0.25) is 5.02 Å². The van der Waals surface area contributed by atoms with Crippen molar-refractivity contribution in [3.63, 3.8) is 0 Å². The van der Waals surface area contributed by atoms with Gasteiger partial charge >= 0.3 is 0 Å². The summed E-state index contributed by atoms with van der Waals surface area (Å²) in [5.74, 6) is 0.109. The van der Waals surface area contributed by atoms with Gasteiger partial charge in [-0.15, -0.1) is 11.3 Å². The molecule has 0 fully saturated rings. The Balaban J connectivity index is 2.17. The summed E-state index contributed by atoms with van der Waals surface area (Å²) < 4.78 is 0. The molecule has 2 rings (SSSR count). The first-order valence-electron chi connectivity index (χ1n) is 5.18. The van der Waals surface area contributed by atoms with Crippen LogP contribution in [0.4, 0.5) is 0 Å². The predicted octanol–water partition coefficient (Wildman–Crippen LogP) is 4.77. The Morgan fingerprint density at radius 3 is 2.65 bits per heavy atom. The van der Waals surface area contributed by atoms with Gasteiger partial charge in [-0.3, -0.25) is 4.79 Å². The van der Waals surface area contributed by atoms with Gasteiger partial charge in [0.05, 0.1) is 4.88 Å². The molecule has 0 saturated heterocycles. The van der Waals surface area contributed by atoms with Crippen LogP contribution in [0.5, 0.6) is 0 Å². The Bertz CT molecular complexity index is 569. The lowest BCUT2D eigenvalue weighted by molar-refractivity contribution is 0.102. The number of hydrogen-bond acceptors (Lipinski definition) is 2. The van der Waals surface area contributed by atoms with Crippen LogP contribution < -0.4 is 0 Å². The molecule has 0 saturated carbocycles. The van der Waals surface area contributed by atoms with Gasteiger partial charge in [0.25, 0.3) is 0 Å². The molecular formula is C14H11ClOS. The number of ketones is 1. The van der Waals surface area contributed by atoms with E-state index in [1.165, 1.54) is 11.3 Å². The monoisotopic (exact) mass is 262 g/mol. The molecule has 17 heavy (non-hydrogen) atoms. The van der Waals surface area contributed by atoms with Crippen LogP contribution in [0.3, 0.4) is 0 Å². The van der Waals surface area contributed by atoms with Crippen molar-refractivity contribution < 1.29 is 4.79 Å². The minimum atomic E-state index is 0.109. The lowest BCUT2D eigenvalue weighted by Crippen LogP contribution is -1.83. The van der Waals surface area contributed by atoms with E-state index in [1.807, 2.05) is 47.9 Å². The first-order valence-corrected chi connectivity index (χ1v) is 6.44. The van der Waals surface area contributed by atoms with Crippen LogP contribution >= 0.6 is 22.9 Å². The van der Waals surface area contributed by atoms with Gasteiger partial charge in [-0.2, -0.15) is 0 Å². The largest absolute Gasteiger partial charge is 0.294 e. The molecule has 0 aliphatic heterocycles. The van der Waals surface area contributed by atoms with Crippen LogP contribution in [0.15, 0.2) is 35.7 Å². The molecular weight excluding hydrogens is 252 g/mol. The molecule has 1 nitrogen and oxygen atoms in total. The van der Waals surface area contributed by atoms with Crippen LogP contribution in [-0.4, -0.2) is 5.78 Å². The zero-order valence-electron chi connectivity index (χ0n) is 9.31. The van der Waals surface area contributed by atoms with Crippen LogP contribution in [0.1, 0.15) is 27.7 Å². The van der Waals surface area contributed by atoms with Gasteiger partial charge in [0.15, 0.2) is 5.78 Å². The molecule has 0 bridgehead atoms. The molecule has 0 aliphatic rings. The van der Waals surface area contributed by atoms with E-state index < -0.39 is 0 Å². The molecule has 0 spiro atoms. The van der Waals surface area contributed by atoms with E-state index in [-0.39, 0.29) is 5.78 Å². The van der Waals surface area contributed by atoms with Crippen molar-refractivity contribution in [3.05, 3.63) is 56.7 Å². The zero-order valence-corrected chi connectivity index (χ0v) is 10.9. The van der Waals surface area contributed by atoms with Crippen LogP contribution in [-0.2, 0) is 0 Å². The maximum Gasteiger partial charge on any atom is 0.169 e. The Morgan fingerprint density at radius 2 is 2.00 bits per heavy atom. The van der Waals surface area contributed by atoms with Gasteiger partial charge in [0.2, 0.25) is 0 Å². The smallest absolute Gasteiger partial charge is 0.169 e. The van der Waals surface area contributed by atoms with E-state index in [0.717, 1.165) is 21.0 Å². The lowest BCUT2D eigenvalue weighted by Gasteiger charge is -1.93. The molecule has 0 unspecified atom stereocenters. The molecule has 0 N–H and O–H groups in total. The first-order chi connectivity index (χ1) is 8.15. The second-order valence-electron chi connectivity index (χ2n) is 3.69. The number of carbonyl (C=O) groups excluding carboxylic acids is 1. The fourth-order valence-corrected chi connectivity index (χ4v) is 2.40. The normalized spacial score (nSPS) is 10.9. The molecule has 2 aromatic rings. The van der Waals surface area contributed by atoms with Crippen molar-refractivity contribution in [1.29, 1.82) is 0 Å². The van der Waals surface area contributed by atoms with Gasteiger partial charge in [-0.1, -0.05) is 35.9 Å². The molecule has 1 heterocycles. The standard InChI is InChI=1S/C14H11ClOS/c1-10(16)14-8-12(9-17-14)6-5-11-3-2-4-13(15)7-11/h2-9H,1H3. The molecule has 0 amide bonds. The second kappa shape index (κ2) is 5.30. The fraction of sp³-hybridized carbons (Fsp3) is 0.0714. The van der Waals surface area contributed by atoms with Crippen molar-refractivity contribution in [2.75, 3.05) is 0 Å². The number of rotatable bonds is 3. The van der Waals surface area contributed by atoms with E-state index in [2.05, 4.69) is 0 Å². The van der Waals surface area contributed by atoms with Gasteiger partial charge in [0, 0.05) is 5.02 Å². The van der Waals surface area contributed by atoms with Crippen molar-refractivity contribution >= 4 is 40.9 Å². The lowest BCUT2D eigenvalue weighted by atomic mass is 10.2. The van der Waals surface area contributed by atoms with Crippen molar-refractivity contribution in [2.24, 2.45) is 0 Å². The molecule has 0 aliphatic carbocycles. The predicted molar refractivity (Wildman–Crippen MR) is 74.7 cm³/mol. The third-order valence-corrected chi connectivity index (χ3v) is 3.57. The maximum atomic E-state index is 11.1. The van der Waals surface area contributed by atoms with E-state index >= 15 is 0 Å². The third-order valence-electron chi connectivity index (χ3n) is 2.28. The Labute approximate surface area is 109 Å². The number of thiophene rings is 1. The summed E-state index contributed by atoms with van der Waals surface area (Å²) in [7, 11) is 0. The third kappa shape index (κ3) is 3.29. The minimum absolute atomic E-state index is 0.109. The van der Waals surface area contributed by atoms with Crippen LogP contribution in [0.25, 0.3) is 12.2 Å². The SMILES string of the molecule is CC(=O)c1cc(C=Cc2cccc(Cl)c2)cs1. The summed E-state index contributed by atoms with van der Waals surface area (Å²) >= 11 is 7.36. The maximum absolute atomic E-state index is 11.1. The van der Waals surface area contributed by atoms with Gasteiger partial charge < -0.3 is 0 Å². The summed E-state index contributed by atoms with van der Waals surface area (Å²) in [4.78, 5) is 11.9. The van der Waals surface area contributed by atoms with Gasteiger partial charge in [-0.05, 0) is 41.6 Å². The zero-order chi connectivity index (χ0) is 12.3. The minimum Gasteiger partial charge on any atom is -0.294 e. The quantitative estimate of drug-likeness (QED) is 0.728. The summed E-state index contributed by atoms with van der Waals surface area (Å²) in [6, 6.07) is 9.54. The second-order valence-corrected chi connectivity index (χ2v) is 5.04. The molecule has 1 aromatic carbocycles. The molecule has 3 heteroatoms. The van der Waals surface area contributed by atoms with Crippen molar-refractivity contribution in [3.8, 4) is 0 Å². The van der Waals surface area contributed by atoms with E-state index in [9.17, 15) is 4.79 Å². The highest BCUT2D eigenvalue weighted by Crippen LogP contribution is 2.18. The van der Waals surface area contributed by atoms with E-state index in [1.54, 1.807) is 6.92 Å². The highest BCUT2D eigenvalue weighted by atomic mass is 35.5. The average Bonchev–Trinajstić information content (AvgIpc) is 2.75. The number of carbonyl (C=O) groups is 1. The van der Waals surface area contributed by atoms with Crippen LogP contribution in [0, 0.1) is 0 Å². The summed E-state index contributed by atoms with van der Waals surface area (Å²) in [6.07, 6.45) is 3.96. The number of halogens is 1.